The van der Waals surface area contributed by atoms with Crippen LogP contribution in [0.15, 0.2) is 35.0 Å². The van der Waals surface area contributed by atoms with Gasteiger partial charge in [-0.15, -0.1) is 22.7 Å². The van der Waals surface area contributed by atoms with E-state index < -0.39 is 11.9 Å². The maximum atomic E-state index is 12.3. The number of thiazole rings is 2. The van der Waals surface area contributed by atoms with Gasteiger partial charge in [0, 0.05) is 21.5 Å². The van der Waals surface area contributed by atoms with Crippen molar-refractivity contribution in [1.82, 2.24) is 9.97 Å². The van der Waals surface area contributed by atoms with Gasteiger partial charge in [-0.3, -0.25) is 20.2 Å². The highest BCUT2D eigenvalue weighted by Gasteiger charge is 2.15. The number of hydrogen-bond acceptors (Lipinski definition) is 8. The Balaban J connectivity index is 1.54. The number of carbonyl (C=O) groups is 3. The molecule has 3 amide bonds. The molecule has 0 radical (unpaired) electrons. The van der Waals surface area contributed by atoms with E-state index in [4.69, 9.17) is 16.3 Å². The fraction of sp³-hybridized carbons (Fsp3) is 0.167. The summed E-state index contributed by atoms with van der Waals surface area (Å²) in [5, 5.41) is 12.1. The zero-order chi connectivity index (χ0) is 21.5. The molecule has 1 aromatic carbocycles. The van der Waals surface area contributed by atoms with E-state index in [0.29, 0.717) is 28.1 Å². The van der Waals surface area contributed by atoms with E-state index >= 15 is 0 Å². The maximum Gasteiger partial charge on any atom is 0.325 e. The van der Waals surface area contributed by atoms with Crippen molar-refractivity contribution >= 4 is 68.1 Å². The minimum absolute atomic E-state index is 0.0344. The van der Waals surface area contributed by atoms with Crippen molar-refractivity contribution in [3.63, 3.8) is 0 Å². The second-order valence-electron chi connectivity index (χ2n) is 5.71. The molecule has 3 N–H and O–H groups in total. The Labute approximate surface area is 184 Å². The molecular weight excluding hydrogens is 450 g/mol. The minimum atomic E-state index is -0.512. The summed E-state index contributed by atoms with van der Waals surface area (Å²) in [5.74, 6) is -0.862. The molecule has 0 atom stereocenters. The zero-order valence-corrected chi connectivity index (χ0v) is 18.0. The van der Waals surface area contributed by atoms with Gasteiger partial charge in [-0.1, -0.05) is 17.7 Å². The standard InChI is InChI=1S/C18H16ClN5O4S2/c1-2-28-14(25)7-12-8-29-17(21-12)23-15(26)13-9-30-18(22-13)24-16(27)20-11-5-3-4-10(19)6-11/h3-6,8-9H,2,7H2,1H3,(H,21,23,26)(H2,20,22,24,27). The van der Waals surface area contributed by atoms with E-state index in [1.807, 2.05) is 0 Å². The van der Waals surface area contributed by atoms with Crippen LogP contribution in [0.1, 0.15) is 23.1 Å². The topological polar surface area (TPSA) is 122 Å². The number of nitrogens with zero attached hydrogens (tertiary/aromatic N) is 2. The molecule has 0 aliphatic heterocycles. The van der Waals surface area contributed by atoms with Crippen LogP contribution >= 0.6 is 34.3 Å². The van der Waals surface area contributed by atoms with E-state index in [1.165, 1.54) is 16.7 Å². The van der Waals surface area contributed by atoms with Crippen molar-refractivity contribution in [2.24, 2.45) is 0 Å². The van der Waals surface area contributed by atoms with Gasteiger partial charge in [0.1, 0.15) is 5.69 Å². The van der Waals surface area contributed by atoms with Crippen molar-refractivity contribution in [3.05, 3.63) is 51.4 Å². The molecule has 9 nitrogen and oxygen atoms in total. The number of carbonyl (C=O) groups excluding carboxylic acids is 3. The van der Waals surface area contributed by atoms with Crippen molar-refractivity contribution < 1.29 is 19.1 Å². The number of amides is 3. The lowest BCUT2D eigenvalue weighted by Crippen LogP contribution is -2.19. The van der Waals surface area contributed by atoms with Crippen LogP contribution in [0, 0.1) is 0 Å². The second-order valence-corrected chi connectivity index (χ2v) is 7.86. The number of ether oxygens (including phenoxy) is 1. The molecule has 12 heteroatoms. The number of rotatable bonds is 7. The average molecular weight is 466 g/mol. The molecule has 0 aliphatic rings. The SMILES string of the molecule is CCOC(=O)Cc1csc(NC(=O)c2csc(NC(=O)Nc3cccc(Cl)c3)n2)n1. The molecule has 0 saturated carbocycles. The normalized spacial score (nSPS) is 10.3. The molecule has 3 aromatic rings. The van der Waals surface area contributed by atoms with E-state index in [1.54, 1.807) is 36.6 Å². The summed E-state index contributed by atoms with van der Waals surface area (Å²) in [6.07, 6.45) is 0.0344. The van der Waals surface area contributed by atoms with Gasteiger partial charge in [0.05, 0.1) is 18.7 Å². The fourth-order valence-electron chi connectivity index (χ4n) is 2.23. The van der Waals surface area contributed by atoms with Crippen LogP contribution < -0.4 is 16.0 Å². The molecule has 2 heterocycles. The van der Waals surface area contributed by atoms with Gasteiger partial charge in [-0.05, 0) is 25.1 Å². The number of nitrogens with one attached hydrogen (secondary N) is 3. The predicted octanol–water partition coefficient (Wildman–Crippen LogP) is 4.25. The first-order valence-electron chi connectivity index (χ1n) is 8.63. The molecule has 0 aliphatic carbocycles. The Kier molecular flexibility index (Phi) is 7.33. The van der Waals surface area contributed by atoms with Crippen molar-refractivity contribution in [1.29, 1.82) is 0 Å². The highest BCUT2D eigenvalue weighted by atomic mass is 35.5. The molecule has 30 heavy (non-hydrogen) atoms. The van der Waals surface area contributed by atoms with Gasteiger partial charge in [-0.2, -0.15) is 0 Å². The first-order chi connectivity index (χ1) is 14.4. The van der Waals surface area contributed by atoms with Crippen LogP contribution in [-0.4, -0.2) is 34.5 Å². The van der Waals surface area contributed by atoms with Crippen LogP contribution in [0.4, 0.5) is 20.7 Å². The molecular formula is C18H16ClN5O4S2. The summed E-state index contributed by atoms with van der Waals surface area (Å²) in [6.45, 7) is 2.02. The summed E-state index contributed by atoms with van der Waals surface area (Å²) in [5.41, 5.74) is 1.16. The summed E-state index contributed by atoms with van der Waals surface area (Å²) in [7, 11) is 0. The third kappa shape index (κ3) is 6.24. The number of aromatic nitrogens is 2. The van der Waals surface area contributed by atoms with Crippen LogP contribution in [0.3, 0.4) is 0 Å². The molecule has 156 valence electrons. The van der Waals surface area contributed by atoms with Crippen molar-refractivity contribution in [3.8, 4) is 0 Å². The molecule has 0 unspecified atom stereocenters. The van der Waals surface area contributed by atoms with E-state index in [2.05, 4.69) is 25.9 Å². The van der Waals surface area contributed by atoms with Crippen LogP contribution in [0.25, 0.3) is 0 Å². The highest BCUT2D eigenvalue weighted by molar-refractivity contribution is 7.14. The third-order valence-corrected chi connectivity index (χ3v) is 5.24. The molecule has 2 aromatic heterocycles. The monoisotopic (exact) mass is 465 g/mol. The highest BCUT2D eigenvalue weighted by Crippen LogP contribution is 2.20. The first kappa shape index (κ1) is 21.7. The van der Waals surface area contributed by atoms with Gasteiger partial charge < -0.3 is 10.1 Å². The third-order valence-electron chi connectivity index (χ3n) is 3.44. The van der Waals surface area contributed by atoms with Gasteiger partial charge in [0.2, 0.25) is 0 Å². The summed E-state index contributed by atoms with van der Waals surface area (Å²) >= 11 is 8.17. The van der Waals surface area contributed by atoms with E-state index in [-0.39, 0.29) is 23.2 Å². The number of esters is 1. The first-order valence-corrected chi connectivity index (χ1v) is 10.8. The van der Waals surface area contributed by atoms with Crippen LogP contribution in [0.5, 0.6) is 0 Å². The maximum absolute atomic E-state index is 12.3. The molecule has 3 rings (SSSR count). The average Bonchev–Trinajstić information content (AvgIpc) is 3.31. The number of urea groups is 1. The van der Waals surface area contributed by atoms with Gasteiger partial charge in [0.25, 0.3) is 5.91 Å². The summed E-state index contributed by atoms with van der Waals surface area (Å²) < 4.78 is 4.87. The number of hydrogen-bond donors (Lipinski definition) is 3. The Morgan fingerprint density at radius 2 is 1.83 bits per heavy atom. The summed E-state index contributed by atoms with van der Waals surface area (Å²) in [4.78, 5) is 44.2. The Bertz CT molecular complexity index is 1070. The van der Waals surface area contributed by atoms with Crippen LogP contribution in [0.2, 0.25) is 5.02 Å². The lowest BCUT2D eigenvalue weighted by Gasteiger charge is -2.05. The largest absolute Gasteiger partial charge is 0.466 e. The van der Waals surface area contributed by atoms with Crippen molar-refractivity contribution in [2.45, 2.75) is 13.3 Å². The molecule has 0 bridgehead atoms. The smallest absolute Gasteiger partial charge is 0.325 e. The Morgan fingerprint density at radius 1 is 1.07 bits per heavy atom. The lowest BCUT2D eigenvalue weighted by atomic mass is 10.3. The molecule has 0 spiro atoms. The number of benzene rings is 1. The molecule has 0 fully saturated rings. The lowest BCUT2D eigenvalue weighted by molar-refractivity contribution is -0.142. The quantitative estimate of drug-likeness (QED) is 0.448. The minimum Gasteiger partial charge on any atom is -0.466 e. The second kappa shape index (κ2) is 10.1. The van der Waals surface area contributed by atoms with Gasteiger partial charge in [-0.25, -0.2) is 14.8 Å². The predicted molar refractivity (Wildman–Crippen MR) is 117 cm³/mol. The fourth-order valence-corrected chi connectivity index (χ4v) is 3.81. The number of halogens is 1. The van der Waals surface area contributed by atoms with Crippen molar-refractivity contribution in [2.75, 3.05) is 22.6 Å². The van der Waals surface area contributed by atoms with E-state index in [0.717, 1.165) is 11.3 Å². The van der Waals surface area contributed by atoms with Gasteiger partial charge in [0.15, 0.2) is 10.3 Å². The zero-order valence-electron chi connectivity index (χ0n) is 15.6. The van der Waals surface area contributed by atoms with E-state index in [9.17, 15) is 14.4 Å². The van der Waals surface area contributed by atoms with Crippen LogP contribution in [-0.2, 0) is 16.0 Å². The Hall–Kier alpha value is -3.02. The Morgan fingerprint density at radius 3 is 2.60 bits per heavy atom. The molecule has 0 saturated heterocycles. The summed E-state index contributed by atoms with van der Waals surface area (Å²) in [6, 6.07) is 6.18. The van der Waals surface area contributed by atoms with Gasteiger partial charge >= 0.3 is 12.0 Å². The number of anilines is 3.